The van der Waals surface area contributed by atoms with Crippen molar-refractivity contribution in [1.29, 1.82) is 0 Å². The molecular weight excluding hydrogens is 332 g/mol. The summed E-state index contributed by atoms with van der Waals surface area (Å²) in [6.45, 7) is 3.18. The lowest BCUT2D eigenvalue weighted by Crippen LogP contribution is -2.47. The number of amides is 1. The zero-order valence-electron chi connectivity index (χ0n) is 13.2. The highest BCUT2D eigenvalue weighted by molar-refractivity contribution is 6.30. The lowest BCUT2D eigenvalue weighted by Gasteiger charge is -2.29. The van der Waals surface area contributed by atoms with Gasteiger partial charge in [-0.25, -0.2) is 4.79 Å². The zero-order chi connectivity index (χ0) is 17.8. The monoisotopic (exact) mass is 349 g/mol. The smallest absolute Gasteiger partial charge is 0.408 e. The second-order valence-electron chi connectivity index (χ2n) is 5.97. The van der Waals surface area contributed by atoms with Crippen molar-refractivity contribution in [3.8, 4) is 5.75 Å². The highest BCUT2D eigenvalue weighted by atomic mass is 35.5. The van der Waals surface area contributed by atoms with Crippen molar-refractivity contribution in [2.24, 2.45) is 0 Å². The van der Waals surface area contributed by atoms with Crippen molar-refractivity contribution in [3.05, 3.63) is 28.8 Å². The van der Waals surface area contributed by atoms with Gasteiger partial charge in [-0.1, -0.05) is 11.6 Å². The largest absolute Gasteiger partial charge is 0.444 e. The molecule has 1 atom stereocenters. The summed E-state index contributed by atoms with van der Waals surface area (Å²) < 4.78 is 34.5. The number of ether oxygens (including phenoxy) is 2. The molecule has 0 bridgehead atoms. The topological polar surface area (TPSA) is 64.6 Å². The normalized spacial score (nSPS) is 14.1. The summed E-state index contributed by atoms with van der Waals surface area (Å²) >= 11 is 5.86. The van der Waals surface area contributed by atoms with Gasteiger partial charge in [0.15, 0.2) is 0 Å². The number of rotatable bonds is 5. The molecule has 0 aliphatic carbocycles. The summed E-state index contributed by atoms with van der Waals surface area (Å²) in [5, 5.41) is 2.54. The van der Waals surface area contributed by atoms with Gasteiger partial charge in [0.1, 0.15) is 23.2 Å². The first-order chi connectivity index (χ1) is 10.5. The van der Waals surface area contributed by atoms with E-state index in [2.05, 4.69) is 10.1 Å². The third kappa shape index (κ3) is 5.67. The van der Waals surface area contributed by atoms with E-state index in [1.165, 1.54) is 25.1 Å². The van der Waals surface area contributed by atoms with Crippen LogP contribution in [0.25, 0.3) is 0 Å². The first kappa shape index (κ1) is 19.2. The molecule has 0 aliphatic rings. The van der Waals surface area contributed by atoms with Crippen LogP contribution in [0, 0.1) is 0 Å². The van der Waals surface area contributed by atoms with Gasteiger partial charge >= 0.3 is 12.7 Å². The van der Waals surface area contributed by atoms with Crippen LogP contribution in [-0.4, -0.2) is 24.6 Å². The molecule has 5 nitrogen and oxygen atoms in total. The highest BCUT2D eigenvalue weighted by Crippen LogP contribution is 2.32. The number of halogens is 3. The minimum Gasteiger partial charge on any atom is -0.444 e. The van der Waals surface area contributed by atoms with E-state index in [1.54, 1.807) is 20.8 Å². The molecule has 0 aromatic heterocycles. The summed E-state index contributed by atoms with van der Waals surface area (Å²) in [5.41, 5.74) is -2.45. The quantitative estimate of drug-likeness (QED) is 0.819. The fourth-order valence-electron chi connectivity index (χ4n) is 1.78. The molecule has 0 fully saturated rings. The molecule has 0 aliphatic heterocycles. The van der Waals surface area contributed by atoms with Crippen LogP contribution < -0.4 is 10.1 Å². The maximum atomic E-state index is 12.5. The van der Waals surface area contributed by atoms with Crippen LogP contribution in [0.15, 0.2) is 18.2 Å². The third-order valence-corrected chi connectivity index (χ3v) is 2.95. The van der Waals surface area contributed by atoms with Gasteiger partial charge in [-0.15, -0.1) is 0 Å². The first-order valence-electron chi connectivity index (χ1n) is 6.69. The van der Waals surface area contributed by atoms with Crippen molar-refractivity contribution in [2.45, 2.75) is 45.4 Å². The van der Waals surface area contributed by atoms with Crippen LogP contribution in [0.4, 0.5) is 13.6 Å². The van der Waals surface area contributed by atoms with Gasteiger partial charge in [-0.05, 0) is 45.9 Å². The molecule has 0 spiro atoms. The Morgan fingerprint density at radius 3 is 2.39 bits per heavy atom. The van der Waals surface area contributed by atoms with Gasteiger partial charge in [0, 0.05) is 10.6 Å². The summed E-state index contributed by atoms with van der Waals surface area (Å²) in [4.78, 5) is 23.4. The fourth-order valence-corrected chi connectivity index (χ4v) is 1.95. The second-order valence-corrected chi connectivity index (χ2v) is 6.40. The highest BCUT2D eigenvalue weighted by Gasteiger charge is 2.34. The predicted octanol–water partition coefficient (Wildman–Crippen LogP) is 3.88. The Balaban J connectivity index is 3.19. The molecule has 1 unspecified atom stereocenters. The Labute approximate surface area is 137 Å². The summed E-state index contributed by atoms with van der Waals surface area (Å²) in [7, 11) is 0. The Hall–Kier alpha value is -1.89. The van der Waals surface area contributed by atoms with E-state index in [4.69, 9.17) is 16.3 Å². The molecule has 1 rings (SSSR count). The fraction of sp³-hybridized carbons (Fsp3) is 0.467. The molecule has 1 aromatic carbocycles. The Morgan fingerprint density at radius 2 is 1.91 bits per heavy atom. The van der Waals surface area contributed by atoms with Crippen molar-refractivity contribution in [3.63, 3.8) is 0 Å². The summed E-state index contributed by atoms with van der Waals surface area (Å²) in [5.74, 6) is -0.268. The lowest BCUT2D eigenvalue weighted by atomic mass is 9.93. The van der Waals surface area contributed by atoms with Crippen molar-refractivity contribution < 1.29 is 27.8 Å². The van der Waals surface area contributed by atoms with Crippen molar-refractivity contribution >= 4 is 24.0 Å². The van der Waals surface area contributed by atoms with Gasteiger partial charge in [0.2, 0.25) is 0 Å². The molecule has 1 N–H and O–H groups in total. The van der Waals surface area contributed by atoms with Gasteiger partial charge < -0.3 is 19.6 Å². The SMILES string of the molecule is CC(C)(C)OC(=O)NC(C)(C=O)c1cc(Cl)ccc1OC(F)F. The molecule has 0 heterocycles. The predicted molar refractivity (Wildman–Crippen MR) is 80.9 cm³/mol. The van der Waals surface area contributed by atoms with Crippen LogP contribution >= 0.6 is 11.6 Å². The van der Waals surface area contributed by atoms with E-state index in [0.717, 1.165) is 0 Å². The molecule has 0 saturated carbocycles. The Bertz CT molecular complexity index is 589. The Kier molecular flexibility index (Phi) is 5.93. The van der Waals surface area contributed by atoms with E-state index in [9.17, 15) is 18.4 Å². The summed E-state index contributed by atoms with van der Waals surface area (Å²) in [6, 6.07) is 3.80. The van der Waals surface area contributed by atoms with Crippen molar-refractivity contribution in [2.75, 3.05) is 0 Å². The van der Waals surface area contributed by atoms with Crippen LogP contribution in [0.1, 0.15) is 33.3 Å². The summed E-state index contributed by atoms with van der Waals surface area (Å²) in [6.07, 6.45) is -0.490. The number of alkyl carbamates (subject to hydrolysis) is 1. The van der Waals surface area contributed by atoms with Crippen LogP contribution in [0.5, 0.6) is 5.75 Å². The number of benzene rings is 1. The molecule has 8 heteroatoms. The van der Waals surface area contributed by atoms with Gasteiger partial charge in [-0.3, -0.25) is 0 Å². The molecule has 1 aromatic rings. The van der Waals surface area contributed by atoms with E-state index < -0.39 is 23.8 Å². The van der Waals surface area contributed by atoms with E-state index >= 15 is 0 Å². The van der Waals surface area contributed by atoms with Crippen LogP contribution in [-0.2, 0) is 15.1 Å². The van der Waals surface area contributed by atoms with E-state index in [1.807, 2.05) is 0 Å². The molecular formula is C15H18ClF2NO4. The van der Waals surface area contributed by atoms with Crippen molar-refractivity contribution in [1.82, 2.24) is 5.32 Å². The molecule has 23 heavy (non-hydrogen) atoms. The van der Waals surface area contributed by atoms with Gasteiger partial charge in [0.25, 0.3) is 0 Å². The molecule has 128 valence electrons. The maximum absolute atomic E-state index is 12.5. The standard InChI is InChI=1S/C15H18ClF2NO4/c1-14(2,3)23-13(21)19-15(4,8-20)10-7-9(16)5-6-11(10)22-12(17)18/h5-8,12H,1-4H3,(H,19,21). The Morgan fingerprint density at radius 1 is 1.30 bits per heavy atom. The number of nitrogens with one attached hydrogen (secondary N) is 1. The van der Waals surface area contributed by atoms with Crippen LogP contribution in [0.2, 0.25) is 5.02 Å². The van der Waals surface area contributed by atoms with Crippen LogP contribution in [0.3, 0.4) is 0 Å². The number of aldehydes is 1. The number of hydrogen-bond acceptors (Lipinski definition) is 4. The lowest BCUT2D eigenvalue weighted by molar-refractivity contribution is -0.113. The minimum absolute atomic E-state index is 0.00819. The van der Waals surface area contributed by atoms with E-state index in [0.29, 0.717) is 6.29 Å². The number of carbonyl (C=O) groups excluding carboxylic acids is 2. The second kappa shape index (κ2) is 7.12. The number of carbonyl (C=O) groups is 2. The molecule has 0 radical (unpaired) electrons. The van der Waals surface area contributed by atoms with Gasteiger partial charge in [0.05, 0.1) is 0 Å². The number of hydrogen-bond donors (Lipinski definition) is 1. The minimum atomic E-state index is -3.09. The first-order valence-corrected chi connectivity index (χ1v) is 7.07. The third-order valence-electron chi connectivity index (χ3n) is 2.71. The molecule has 1 amide bonds. The van der Waals surface area contributed by atoms with Gasteiger partial charge in [-0.2, -0.15) is 8.78 Å². The van der Waals surface area contributed by atoms with E-state index in [-0.39, 0.29) is 16.3 Å². The average Bonchev–Trinajstić information content (AvgIpc) is 2.37. The maximum Gasteiger partial charge on any atom is 0.408 e. The molecule has 0 saturated heterocycles. The average molecular weight is 350 g/mol. The number of alkyl halides is 2. The zero-order valence-corrected chi connectivity index (χ0v) is 13.9.